The molecule has 0 bridgehead atoms. The summed E-state index contributed by atoms with van der Waals surface area (Å²) in [4.78, 5) is 0. The van der Waals surface area contributed by atoms with Crippen molar-refractivity contribution in [1.82, 2.24) is 0 Å². The highest BCUT2D eigenvalue weighted by Crippen LogP contribution is 2.33. The predicted octanol–water partition coefficient (Wildman–Crippen LogP) is 6.26. The minimum atomic E-state index is 0.614. The SMILES string of the molecule is CC(C)Cc1c(C(C)C)cc(C(C)C)cc1C(C)C. The smallest absolute Gasteiger partial charge is 0.0216 e. The molecule has 0 aliphatic rings. The maximum absolute atomic E-state index is 2.46. The Hall–Kier alpha value is -0.780. The lowest BCUT2D eigenvalue weighted by molar-refractivity contribution is 0.627. The predicted molar refractivity (Wildman–Crippen MR) is 87.3 cm³/mol. The van der Waals surface area contributed by atoms with Gasteiger partial charge in [0.2, 0.25) is 0 Å². The lowest BCUT2D eigenvalue weighted by atomic mass is 9.81. The van der Waals surface area contributed by atoms with Crippen LogP contribution in [0.5, 0.6) is 0 Å². The first-order chi connectivity index (χ1) is 8.73. The lowest BCUT2D eigenvalue weighted by Gasteiger charge is -2.24. The minimum Gasteiger partial charge on any atom is -0.0625 e. The molecule has 0 spiro atoms. The van der Waals surface area contributed by atoms with Gasteiger partial charge in [0.05, 0.1) is 0 Å². The third-order valence-corrected chi connectivity index (χ3v) is 3.86. The Labute approximate surface area is 120 Å². The van der Waals surface area contributed by atoms with E-state index in [1.807, 2.05) is 0 Å². The van der Waals surface area contributed by atoms with Gasteiger partial charge in [-0.1, -0.05) is 67.5 Å². The Morgan fingerprint density at radius 2 is 1.11 bits per heavy atom. The van der Waals surface area contributed by atoms with E-state index in [-0.39, 0.29) is 0 Å². The van der Waals surface area contributed by atoms with E-state index in [0.717, 1.165) is 5.92 Å². The monoisotopic (exact) mass is 260 g/mol. The summed E-state index contributed by atoms with van der Waals surface area (Å²) in [6.07, 6.45) is 1.21. The first kappa shape index (κ1) is 16.3. The Kier molecular flexibility index (Phi) is 5.64. The molecule has 0 N–H and O–H groups in total. The maximum atomic E-state index is 2.46. The average Bonchev–Trinajstić information content (AvgIpc) is 2.27. The summed E-state index contributed by atoms with van der Waals surface area (Å²) in [6, 6.07) is 4.91. The average molecular weight is 260 g/mol. The van der Waals surface area contributed by atoms with Gasteiger partial charge in [0, 0.05) is 0 Å². The normalized spacial score (nSPS) is 12.2. The summed E-state index contributed by atoms with van der Waals surface area (Å²) in [5.41, 5.74) is 6.26. The van der Waals surface area contributed by atoms with Crippen LogP contribution in [-0.2, 0) is 6.42 Å². The number of hydrogen-bond acceptors (Lipinski definition) is 0. The van der Waals surface area contributed by atoms with Crippen LogP contribution >= 0.6 is 0 Å². The molecule has 0 fully saturated rings. The summed E-state index contributed by atoms with van der Waals surface area (Å²) in [6.45, 7) is 18.5. The van der Waals surface area contributed by atoms with Gasteiger partial charge in [0.1, 0.15) is 0 Å². The molecule has 1 rings (SSSR count). The number of rotatable bonds is 5. The zero-order chi connectivity index (χ0) is 14.7. The highest BCUT2D eigenvalue weighted by molar-refractivity contribution is 5.43. The van der Waals surface area contributed by atoms with Crippen LogP contribution in [0.1, 0.15) is 95.4 Å². The zero-order valence-electron chi connectivity index (χ0n) is 14.2. The Balaban J connectivity index is 3.46. The van der Waals surface area contributed by atoms with E-state index in [4.69, 9.17) is 0 Å². The molecule has 0 saturated carbocycles. The van der Waals surface area contributed by atoms with E-state index < -0.39 is 0 Å². The largest absolute Gasteiger partial charge is 0.0625 e. The van der Waals surface area contributed by atoms with Crippen LogP contribution in [0.3, 0.4) is 0 Å². The van der Waals surface area contributed by atoms with Gasteiger partial charge >= 0.3 is 0 Å². The molecule has 0 aromatic heterocycles. The van der Waals surface area contributed by atoms with Crippen LogP contribution in [0.25, 0.3) is 0 Å². The van der Waals surface area contributed by atoms with Gasteiger partial charge in [-0.05, 0) is 52.3 Å². The Morgan fingerprint density at radius 3 is 1.37 bits per heavy atom. The molecule has 1 aromatic rings. The van der Waals surface area contributed by atoms with Crippen molar-refractivity contribution in [3.8, 4) is 0 Å². The summed E-state index contributed by atoms with van der Waals surface area (Å²) in [7, 11) is 0. The van der Waals surface area contributed by atoms with Crippen LogP contribution in [0.4, 0.5) is 0 Å². The second-order valence-corrected chi connectivity index (χ2v) is 7.24. The molecule has 0 radical (unpaired) electrons. The van der Waals surface area contributed by atoms with Crippen molar-refractivity contribution in [3.05, 3.63) is 34.4 Å². The standard InChI is InChI=1S/C19H32/c1-12(2)9-19-17(14(5)6)10-16(13(3)4)11-18(19)15(7)8/h10-15H,9H2,1-8H3. The highest BCUT2D eigenvalue weighted by Gasteiger charge is 2.17. The highest BCUT2D eigenvalue weighted by atomic mass is 14.2. The fourth-order valence-corrected chi connectivity index (χ4v) is 2.75. The van der Waals surface area contributed by atoms with Gasteiger partial charge in [-0.15, -0.1) is 0 Å². The fourth-order valence-electron chi connectivity index (χ4n) is 2.75. The molecule has 0 atom stereocenters. The number of hydrogen-bond donors (Lipinski definition) is 0. The zero-order valence-corrected chi connectivity index (χ0v) is 14.2. The molecule has 0 aliphatic carbocycles. The van der Waals surface area contributed by atoms with Crippen molar-refractivity contribution in [2.45, 2.75) is 79.6 Å². The quantitative estimate of drug-likeness (QED) is 0.586. The van der Waals surface area contributed by atoms with Gasteiger partial charge in [0.15, 0.2) is 0 Å². The second-order valence-electron chi connectivity index (χ2n) is 7.24. The van der Waals surface area contributed by atoms with E-state index in [0.29, 0.717) is 17.8 Å². The summed E-state index contributed by atoms with van der Waals surface area (Å²) in [5.74, 6) is 2.57. The van der Waals surface area contributed by atoms with Crippen molar-refractivity contribution in [2.75, 3.05) is 0 Å². The Bertz CT molecular complexity index is 379. The maximum Gasteiger partial charge on any atom is -0.0216 e. The van der Waals surface area contributed by atoms with Crippen molar-refractivity contribution in [2.24, 2.45) is 5.92 Å². The second kappa shape index (κ2) is 6.59. The van der Waals surface area contributed by atoms with Gasteiger partial charge in [-0.25, -0.2) is 0 Å². The summed E-state index contributed by atoms with van der Waals surface area (Å²) < 4.78 is 0. The lowest BCUT2D eigenvalue weighted by Crippen LogP contribution is -2.09. The van der Waals surface area contributed by atoms with E-state index in [9.17, 15) is 0 Å². The molecule has 19 heavy (non-hydrogen) atoms. The third kappa shape index (κ3) is 4.09. The topological polar surface area (TPSA) is 0 Å². The van der Waals surface area contributed by atoms with Gasteiger partial charge in [-0.3, -0.25) is 0 Å². The first-order valence-electron chi connectivity index (χ1n) is 7.90. The van der Waals surface area contributed by atoms with Gasteiger partial charge in [-0.2, -0.15) is 0 Å². The molecule has 0 unspecified atom stereocenters. The Morgan fingerprint density at radius 1 is 0.684 bits per heavy atom. The van der Waals surface area contributed by atoms with Crippen LogP contribution in [0, 0.1) is 5.92 Å². The van der Waals surface area contributed by atoms with Crippen LogP contribution in [0.2, 0.25) is 0 Å². The van der Waals surface area contributed by atoms with E-state index in [1.54, 1.807) is 16.7 Å². The van der Waals surface area contributed by atoms with E-state index in [2.05, 4.69) is 67.5 Å². The van der Waals surface area contributed by atoms with Crippen molar-refractivity contribution in [3.63, 3.8) is 0 Å². The minimum absolute atomic E-state index is 0.614. The molecule has 108 valence electrons. The van der Waals surface area contributed by atoms with Crippen LogP contribution in [-0.4, -0.2) is 0 Å². The molecule has 0 heterocycles. The van der Waals surface area contributed by atoms with Crippen molar-refractivity contribution < 1.29 is 0 Å². The summed E-state index contributed by atoms with van der Waals surface area (Å²) in [5, 5.41) is 0. The molecule has 0 heteroatoms. The molecular weight excluding hydrogens is 228 g/mol. The van der Waals surface area contributed by atoms with E-state index in [1.165, 1.54) is 12.0 Å². The van der Waals surface area contributed by atoms with Gasteiger partial charge < -0.3 is 0 Å². The van der Waals surface area contributed by atoms with Gasteiger partial charge in [0.25, 0.3) is 0 Å². The molecular formula is C19H32. The summed E-state index contributed by atoms with van der Waals surface area (Å²) >= 11 is 0. The molecule has 1 aromatic carbocycles. The van der Waals surface area contributed by atoms with Crippen LogP contribution < -0.4 is 0 Å². The fraction of sp³-hybridized carbons (Fsp3) is 0.684. The molecule has 0 aliphatic heterocycles. The van der Waals surface area contributed by atoms with Crippen molar-refractivity contribution >= 4 is 0 Å². The van der Waals surface area contributed by atoms with Crippen LogP contribution in [0.15, 0.2) is 12.1 Å². The number of benzene rings is 1. The molecule has 0 nitrogen and oxygen atoms in total. The molecule has 0 amide bonds. The van der Waals surface area contributed by atoms with Crippen molar-refractivity contribution in [1.29, 1.82) is 0 Å². The first-order valence-corrected chi connectivity index (χ1v) is 7.90. The third-order valence-electron chi connectivity index (χ3n) is 3.86. The van der Waals surface area contributed by atoms with E-state index >= 15 is 0 Å². The molecule has 0 saturated heterocycles.